The number of ether oxygens (including phenoxy) is 1. The molecule has 0 fully saturated rings. The van der Waals surface area contributed by atoms with E-state index in [9.17, 15) is 4.79 Å². The minimum Gasteiger partial charge on any atom is -0.493 e. The first kappa shape index (κ1) is 14.7. The van der Waals surface area contributed by atoms with Gasteiger partial charge in [0, 0.05) is 19.6 Å². The molecule has 0 atom stereocenters. The maximum atomic E-state index is 12.0. The lowest BCUT2D eigenvalue weighted by Gasteiger charge is -2.12. The van der Waals surface area contributed by atoms with Gasteiger partial charge in [-0.05, 0) is 20.5 Å². The summed E-state index contributed by atoms with van der Waals surface area (Å²) >= 11 is 0. The largest absolute Gasteiger partial charge is 0.493 e. The summed E-state index contributed by atoms with van der Waals surface area (Å²) in [6, 6.07) is 0. The lowest BCUT2D eigenvalue weighted by molar-refractivity contribution is 0.0957. The maximum absolute atomic E-state index is 12.0. The molecule has 0 bridgehead atoms. The third-order valence-corrected chi connectivity index (χ3v) is 2.61. The van der Waals surface area contributed by atoms with Gasteiger partial charge >= 0.3 is 0 Å². The molecule has 0 amide bonds. The summed E-state index contributed by atoms with van der Waals surface area (Å²) in [6.07, 6.45) is 2.32. The molecule has 0 radical (unpaired) electrons. The highest BCUT2D eigenvalue weighted by atomic mass is 16.5. The number of aliphatic hydroxyl groups is 1. The van der Waals surface area contributed by atoms with Gasteiger partial charge in [0.25, 0.3) is 0 Å². The highest BCUT2D eigenvalue weighted by Gasteiger charge is 2.18. The van der Waals surface area contributed by atoms with Gasteiger partial charge in [0.15, 0.2) is 11.5 Å². The second-order valence-electron chi connectivity index (χ2n) is 4.34. The van der Waals surface area contributed by atoms with Crippen LogP contribution in [0.15, 0.2) is 6.20 Å². The zero-order chi connectivity index (χ0) is 13.5. The topological polar surface area (TPSA) is 67.6 Å². The number of nitrogens with zero attached hydrogens (tertiary/aromatic N) is 3. The van der Waals surface area contributed by atoms with Crippen molar-refractivity contribution in [3.63, 3.8) is 0 Å². The standard InChI is InChI=1S/C12H21N3O3/c1-14(2)6-7-15-12(10(17)5-4-8-16)11(18-3)9-13-15/h9,16H,4-8H2,1-3H3. The highest BCUT2D eigenvalue weighted by Crippen LogP contribution is 2.19. The number of Topliss-reactive ketones (excluding diaryl/α,β-unsaturated/α-hetero) is 1. The van der Waals surface area contributed by atoms with Gasteiger partial charge in [-0.1, -0.05) is 0 Å². The molecule has 0 saturated carbocycles. The monoisotopic (exact) mass is 255 g/mol. The van der Waals surface area contributed by atoms with Crippen molar-refractivity contribution in [2.24, 2.45) is 0 Å². The first-order valence-electron chi connectivity index (χ1n) is 5.98. The molecular weight excluding hydrogens is 234 g/mol. The van der Waals surface area contributed by atoms with Crippen molar-refractivity contribution in [2.75, 3.05) is 34.4 Å². The average Bonchev–Trinajstić information content (AvgIpc) is 2.76. The minimum atomic E-state index is -0.0443. The molecule has 18 heavy (non-hydrogen) atoms. The second-order valence-corrected chi connectivity index (χ2v) is 4.34. The molecule has 1 aromatic rings. The SMILES string of the molecule is COc1cnn(CCN(C)C)c1C(=O)CCCO. The Morgan fingerprint density at radius 3 is 2.83 bits per heavy atom. The Balaban J connectivity index is 2.84. The van der Waals surface area contributed by atoms with E-state index in [1.807, 2.05) is 19.0 Å². The van der Waals surface area contributed by atoms with Gasteiger partial charge in [-0.3, -0.25) is 9.48 Å². The number of aromatic nitrogens is 2. The summed E-state index contributed by atoms with van der Waals surface area (Å²) in [5.41, 5.74) is 0.493. The van der Waals surface area contributed by atoms with Crippen LogP contribution in [0.5, 0.6) is 5.75 Å². The van der Waals surface area contributed by atoms with Gasteiger partial charge in [0.2, 0.25) is 0 Å². The Hall–Kier alpha value is -1.40. The van der Waals surface area contributed by atoms with Crippen LogP contribution >= 0.6 is 0 Å². The van der Waals surface area contributed by atoms with E-state index in [-0.39, 0.29) is 12.4 Å². The van der Waals surface area contributed by atoms with Crippen molar-refractivity contribution in [1.29, 1.82) is 0 Å². The van der Waals surface area contributed by atoms with Crippen LogP contribution in [0.4, 0.5) is 0 Å². The summed E-state index contributed by atoms with van der Waals surface area (Å²) in [7, 11) is 5.46. The fourth-order valence-electron chi connectivity index (χ4n) is 1.62. The molecule has 0 aliphatic heterocycles. The number of hydrogen-bond acceptors (Lipinski definition) is 5. The van der Waals surface area contributed by atoms with Crippen molar-refractivity contribution in [3.05, 3.63) is 11.9 Å². The fraction of sp³-hybridized carbons (Fsp3) is 0.667. The van der Waals surface area contributed by atoms with Crippen LogP contribution in [-0.2, 0) is 6.54 Å². The fourth-order valence-corrected chi connectivity index (χ4v) is 1.62. The predicted octanol–water partition coefficient (Wildman–Crippen LogP) is 0.408. The molecule has 6 nitrogen and oxygen atoms in total. The molecular formula is C12H21N3O3. The van der Waals surface area contributed by atoms with Crippen molar-refractivity contribution >= 4 is 5.78 Å². The van der Waals surface area contributed by atoms with Gasteiger partial charge in [-0.2, -0.15) is 5.10 Å². The molecule has 0 aliphatic rings. The van der Waals surface area contributed by atoms with Crippen molar-refractivity contribution in [2.45, 2.75) is 19.4 Å². The highest BCUT2D eigenvalue weighted by molar-refractivity contribution is 5.96. The Kier molecular flexibility index (Phi) is 5.80. The van der Waals surface area contributed by atoms with E-state index in [2.05, 4.69) is 5.10 Å². The molecule has 1 rings (SSSR count). The summed E-state index contributed by atoms with van der Waals surface area (Å²) in [6.45, 7) is 1.45. The Morgan fingerprint density at radius 2 is 2.28 bits per heavy atom. The van der Waals surface area contributed by atoms with Crippen LogP contribution in [0, 0.1) is 0 Å². The van der Waals surface area contributed by atoms with Gasteiger partial charge in [-0.15, -0.1) is 0 Å². The molecule has 102 valence electrons. The number of carbonyl (C=O) groups excluding carboxylic acids is 1. The normalized spacial score (nSPS) is 10.9. The lowest BCUT2D eigenvalue weighted by atomic mass is 10.1. The van der Waals surface area contributed by atoms with E-state index in [0.717, 1.165) is 6.54 Å². The number of methoxy groups -OCH3 is 1. The van der Waals surface area contributed by atoms with Crippen LogP contribution in [0.2, 0.25) is 0 Å². The molecule has 1 heterocycles. The first-order valence-corrected chi connectivity index (χ1v) is 5.98. The van der Waals surface area contributed by atoms with E-state index in [1.54, 1.807) is 10.9 Å². The van der Waals surface area contributed by atoms with Crippen molar-refractivity contribution in [1.82, 2.24) is 14.7 Å². The molecule has 6 heteroatoms. The molecule has 0 spiro atoms. The predicted molar refractivity (Wildman–Crippen MR) is 68.0 cm³/mol. The summed E-state index contributed by atoms with van der Waals surface area (Å²) in [4.78, 5) is 14.1. The van der Waals surface area contributed by atoms with Crippen LogP contribution in [0.1, 0.15) is 23.3 Å². The number of carbonyl (C=O) groups is 1. The van der Waals surface area contributed by atoms with E-state index in [1.165, 1.54) is 7.11 Å². The van der Waals surface area contributed by atoms with Crippen LogP contribution in [0.25, 0.3) is 0 Å². The molecule has 1 N–H and O–H groups in total. The molecule has 0 aliphatic carbocycles. The van der Waals surface area contributed by atoms with Gasteiger partial charge in [-0.25, -0.2) is 0 Å². The third kappa shape index (κ3) is 3.82. The van der Waals surface area contributed by atoms with Crippen LogP contribution in [0.3, 0.4) is 0 Å². The Labute approximate surface area is 107 Å². The second kappa shape index (κ2) is 7.13. The van der Waals surface area contributed by atoms with Gasteiger partial charge in [0.05, 0.1) is 19.9 Å². The summed E-state index contributed by atoms with van der Waals surface area (Å²) < 4.78 is 6.82. The zero-order valence-electron chi connectivity index (χ0n) is 11.2. The molecule has 1 aromatic heterocycles. The number of aliphatic hydroxyl groups excluding tert-OH is 1. The van der Waals surface area contributed by atoms with Gasteiger partial charge in [0.1, 0.15) is 5.69 Å². The van der Waals surface area contributed by atoms with Crippen LogP contribution < -0.4 is 4.74 Å². The molecule has 0 aromatic carbocycles. The zero-order valence-corrected chi connectivity index (χ0v) is 11.2. The number of rotatable bonds is 8. The molecule has 0 saturated heterocycles. The van der Waals surface area contributed by atoms with Gasteiger partial charge < -0.3 is 14.7 Å². The Morgan fingerprint density at radius 1 is 1.56 bits per heavy atom. The number of hydrogen-bond donors (Lipinski definition) is 1. The first-order chi connectivity index (χ1) is 8.60. The lowest BCUT2D eigenvalue weighted by Crippen LogP contribution is -2.21. The average molecular weight is 255 g/mol. The maximum Gasteiger partial charge on any atom is 0.184 e. The minimum absolute atomic E-state index is 0.0138. The summed E-state index contributed by atoms with van der Waals surface area (Å²) in [5.74, 6) is 0.453. The van der Waals surface area contributed by atoms with E-state index in [4.69, 9.17) is 9.84 Å². The third-order valence-electron chi connectivity index (χ3n) is 2.61. The van der Waals surface area contributed by atoms with E-state index >= 15 is 0 Å². The van der Waals surface area contributed by atoms with E-state index in [0.29, 0.717) is 30.8 Å². The van der Waals surface area contributed by atoms with E-state index < -0.39 is 0 Å². The number of likely N-dealkylation sites (N-methyl/N-ethyl adjacent to an activating group) is 1. The Bertz CT molecular complexity index is 388. The van der Waals surface area contributed by atoms with Crippen molar-refractivity contribution < 1.29 is 14.6 Å². The van der Waals surface area contributed by atoms with Crippen molar-refractivity contribution in [3.8, 4) is 5.75 Å². The smallest absolute Gasteiger partial charge is 0.184 e. The van der Waals surface area contributed by atoms with Crippen LogP contribution in [-0.4, -0.2) is 59.9 Å². The quantitative estimate of drug-likeness (QED) is 0.681. The summed E-state index contributed by atoms with van der Waals surface area (Å²) in [5, 5.41) is 12.9. The molecule has 0 unspecified atom stereocenters. The number of ketones is 1.